The summed E-state index contributed by atoms with van der Waals surface area (Å²) in [4.78, 5) is 10.4. The van der Waals surface area contributed by atoms with Gasteiger partial charge in [0.25, 0.3) is 0 Å². The molecule has 0 saturated carbocycles. The highest BCUT2D eigenvalue weighted by Crippen LogP contribution is 2.23. The highest BCUT2D eigenvalue weighted by molar-refractivity contribution is 5.66. The van der Waals surface area contributed by atoms with Gasteiger partial charge in [0.1, 0.15) is 0 Å². The van der Waals surface area contributed by atoms with E-state index in [-0.39, 0.29) is 0 Å². The SMILES string of the molecule is CCCCCCC(CC=CCCCCCCCC(=O)O)CC(C)C. The van der Waals surface area contributed by atoms with Crippen molar-refractivity contribution in [2.45, 2.75) is 111 Å². The zero-order chi connectivity index (χ0) is 18.0. The third-order valence-corrected chi connectivity index (χ3v) is 4.67. The topological polar surface area (TPSA) is 37.3 Å². The normalized spacial score (nSPS) is 13.0. The van der Waals surface area contributed by atoms with Gasteiger partial charge >= 0.3 is 5.97 Å². The standard InChI is InChI=1S/C22H42O2/c1-4-5-6-13-16-21(19-20(2)3)17-14-11-9-7-8-10-12-15-18-22(23)24/h11,14,20-21H,4-10,12-13,15-19H2,1-3H3,(H,23,24). The molecule has 0 aliphatic rings. The van der Waals surface area contributed by atoms with Gasteiger partial charge in [0.15, 0.2) is 0 Å². The summed E-state index contributed by atoms with van der Waals surface area (Å²) < 4.78 is 0. The molecule has 0 aliphatic heterocycles. The number of unbranched alkanes of at least 4 members (excludes halogenated alkanes) is 8. The summed E-state index contributed by atoms with van der Waals surface area (Å²) in [5.74, 6) is 1.01. The molecule has 1 unspecified atom stereocenters. The summed E-state index contributed by atoms with van der Waals surface area (Å²) in [6.45, 7) is 6.96. The Balaban J connectivity index is 3.67. The molecule has 24 heavy (non-hydrogen) atoms. The van der Waals surface area contributed by atoms with E-state index in [1.54, 1.807) is 0 Å². The van der Waals surface area contributed by atoms with Gasteiger partial charge in [-0.15, -0.1) is 0 Å². The van der Waals surface area contributed by atoms with Crippen LogP contribution < -0.4 is 0 Å². The van der Waals surface area contributed by atoms with Crippen LogP contribution in [-0.2, 0) is 4.79 Å². The first-order valence-electron chi connectivity index (χ1n) is 10.4. The van der Waals surface area contributed by atoms with Crippen LogP contribution in [0.2, 0.25) is 0 Å². The van der Waals surface area contributed by atoms with Gasteiger partial charge in [-0.05, 0) is 43.9 Å². The number of aliphatic carboxylic acids is 1. The highest BCUT2D eigenvalue weighted by Gasteiger charge is 2.09. The Hall–Kier alpha value is -0.790. The van der Waals surface area contributed by atoms with Crippen LogP contribution in [-0.4, -0.2) is 11.1 Å². The Morgan fingerprint density at radius 3 is 2.25 bits per heavy atom. The van der Waals surface area contributed by atoms with Crippen LogP contribution >= 0.6 is 0 Å². The third-order valence-electron chi connectivity index (χ3n) is 4.67. The molecular formula is C22H42O2. The Labute approximate surface area is 151 Å². The largest absolute Gasteiger partial charge is 0.481 e. The lowest BCUT2D eigenvalue weighted by atomic mass is 9.89. The first-order valence-corrected chi connectivity index (χ1v) is 10.4. The van der Waals surface area contributed by atoms with E-state index in [1.165, 1.54) is 70.6 Å². The fourth-order valence-corrected chi connectivity index (χ4v) is 3.33. The summed E-state index contributed by atoms with van der Waals surface area (Å²) in [6.07, 6.45) is 21.4. The lowest BCUT2D eigenvalue weighted by Crippen LogP contribution is -2.04. The van der Waals surface area contributed by atoms with Crippen LogP contribution in [0.15, 0.2) is 12.2 Å². The van der Waals surface area contributed by atoms with Crippen molar-refractivity contribution in [1.82, 2.24) is 0 Å². The number of hydrogen-bond acceptors (Lipinski definition) is 1. The van der Waals surface area contributed by atoms with Crippen LogP contribution in [0.5, 0.6) is 0 Å². The maximum Gasteiger partial charge on any atom is 0.303 e. The average Bonchev–Trinajstić information content (AvgIpc) is 2.52. The van der Waals surface area contributed by atoms with Crippen molar-refractivity contribution in [1.29, 1.82) is 0 Å². The Bertz CT molecular complexity index is 307. The van der Waals surface area contributed by atoms with Crippen molar-refractivity contribution < 1.29 is 9.90 Å². The molecule has 0 saturated heterocycles. The molecule has 0 heterocycles. The van der Waals surface area contributed by atoms with Crippen LogP contribution in [0.3, 0.4) is 0 Å². The number of rotatable bonds is 17. The molecule has 1 N–H and O–H groups in total. The van der Waals surface area contributed by atoms with Gasteiger partial charge in [-0.3, -0.25) is 4.79 Å². The first-order chi connectivity index (χ1) is 11.6. The summed E-state index contributed by atoms with van der Waals surface area (Å²) in [5, 5.41) is 8.58. The van der Waals surface area contributed by atoms with Crippen molar-refractivity contribution >= 4 is 5.97 Å². The maximum atomic E-state index is 10.4. The van der Waals surface area contributed by atoms with Crippen molar-refractivity contribution in [3.63, 3.8) is 0 Å². The molecule has 2 nitrogen and oxygen atoms in total. The average molecular weight is 339 g/mol. The first kappa shape index (κ1) is 23.2. The maximum absolute atomic E-state index is 10.4. The van der Waals surface area contributed by atoms with Gasteiger partial charge in [-0.25, -0.2) is 0 Å². The predicted molar refractivity (Wildman–Crippen MR) is 105 cm³/mol. The number of carboxylic acids is 1. The minimum Gasteiger partial charge on any atom is -0.481 e. The van der Waals surface area contributed by atoms with Gasteiger partial charge in [-0.1, -0.05) is 84.3 Å². The zero-order valence-electron chi connectivity index (χ0n) is 16.6. The second-order valence-electron chi connectivity index (χ2n) is 7.75. The molecule has 2 heteroatoms. The molecule has 0 aromatic heterocycles. The summed E-state index contributed by atoms with van der Waals surface area (Å²) in [6, 6.07) is 0. The molecule has 0 spiro atoms. The fourth-order valence-electron chi connectivity index (χ4n) is 3.33. The predicted octanol–water partition coefficient (Wildman–Crippen LogP) is 7.38. The Morgan fingerprint density at radius 1 is 0.917 bits per heavy atom. The van der Waals surface area contributed by atoms with Gasteiger partial charge in [-0.2, -0.15) is 0 Å². The van der Waals surface area contributed by atoms with Crippen molar-refractivity contribution in [2.75, 3.05) is 0 Å². The number of hydrogen-bond donors (Lipinski definition) is 1. The molecule has 0 aromatic rings. The van der Waals surface area contributed by atoms with E-state index in [0.29, 0.717) is 6.42 Å². The molecule has 0 aromatic carbocycles. The van der Waals surface area contributed by atoms with Crippen LogP contribution in [0.1, 0.15) is 111 Å². The van der Waals surface area contributed by atoms with Gasteiger partial charge in [0, 0.05) is 6.42 Å². The molecule has 0 amide bonds. The van der Waals surface area contributed by atoms with E-state index in [1.807, 2.05) is 0 Å². The number of carbonyl (C=O) groups is 1. The molecule has 0 fully saturated rings. The minimum atomic E-state index is -0.663. The lowest BCUT2D eigenvalue weighted by Gasteiger charge is -2.17. The summed E-state index contributed by atoms with van der Waals surface area (Å²) >= 11 is 0. The molecule has 0 radical (unpaired) electrons. The second kappa shape index (κ2) is 17.0. The van der Waals surface area contributed by atoms with Crippen LogP contribution in [0.4, 0.5) is 0 Å². The van der Waals surface area contributed by atoms with E-state index in [9.17, 15) is 4.79 Å². The fraction of sp³-hybridized carbons (Fsp3) is 0.864. The molecular weight excluding hydrogens is 296 g/mol. The Morgan fingerprint density at radius 2 is 1.58 bits per heavy atom. The third kappa shape index (κ3) is 17.6. The zero-order valence-corrected chi connectivity index (χ0v) is 16.6. The van der Waals surface area contributed by atoms with Crippen LogP contribution in [0.25, 0.3) is 0 Å². The molecule has 142 valence electrons. The van der Waals surface area contributed by atoms with E-state index < -0.39 is 5.97 Å². The smallest absolute Gasteiger partial charge is 0.303 e. The minimum absolute atomic E-state index is 0.329. The van der Waals surface area contributed by atoms with E-state index >= 15 is 0 Å². The van der Waals surface area contributed by atoms with Gasteiger partial charge < -0.3 is 5.11 Å². The number of carboxylic acid groups (broad SMARTS) is 1. The quantitative estimate of drug-likeness (QED) is 0.222. The van der Waals surface area contributed by atoms with E-state index in [4.69, 9.17) is 5.11 Å². The van der Waals surface area contributed by atoms with Gasteiger partial charge in [0.05, 0.1) is 0 Å². The van der Waals surface area contributed by atoms with E-state index in [2.05, 4.69) is 32.9 Å². The summed E-state index contributed by atoms with van der Waals surface area (Å²) in [7, 11) is 0. The molecule has 0 aliphatic carbocycles. The molecule has 0 rings (SSSR count). The summed E-state index contributed by atoms with van der Waals surface area (Å²) in [5.41, 5.74) is 0. The number of allylic oxidation sites excluding steroid dienone is 2. The lowest BCUT2D eigenvalue weighted by molar-refractivity contribution is -0.137. The van der Waals surface area contributed by atoms with Crippen molar-refractivity contribution in [2.24, 2.45) is 11.8 Å². The van der Waals surface area contributed by atoms with E-state index in [0.717, 1.165) is 24.7 Å². The monoisotopic (exact) mass is 338 g/mol. The Kier molecular flexibility index (Phi) is 16.5. The molecule has 0 bridgehead atoms. The second-order valence-corrected chi connectivity index (χ2v) is 7.75. The highest BCUT2D eigenvalue weighted by atomic mass is 16.4. The van der Waals surface area contributed by atoms with Crippen molar-refractivity contribution in [3.05, 3.63) is 12.2 Å². The van der Waals surface area contributed by atoms with Crippen molar-refractivity contribution in [3.8, 4) is 0 Å². The molecule has 1 atom stereocenters. The van der Waals surface area contributed by atoms with Crippen LogP contribution in [0, 0.1) is 11.8 Å². The van der Waals surface area contributed by atoms with Gasteiger partial charge in [0.2, 0.25) is 0 Å².